The van der Waals surface area contributed by atoms with Gasteiger partial charge in [0.25, 0.3) is 5.91 Å². The Hall–Kier alpha value is -2.61. The van der Waals surface area contributed by atoms with E-state index in [0.29, 0.717) is 17.9 Å². The number of carbonyl (C=O) groups is 2. The van der Waals surface area contributed by atoms with Gasteiger partial charge in [0, 0.05) is 21.4 Å². The standard InChI is InChI=1S/C18H20BrN5O2/c1-10(2)7-14(18(26)23-16-5-6-20-24-16)22-17(25)15-8-11-3-4-12(19)9-13(11)21-15/h3-6,8-10,14,21H,7H2,1-2H3,(H,22,25)(H2,20,23,24,26). The predicted molar refractivity (Wildman–Crippen MR) is 104 cm³/mol. The Morgan fingerprint density at radius 1 is 1.23 bits per heavy atom. The Balaban J connectivity index is 1.76. The van der Waals surface area contributed by atoms with E-state index in [4.69, 9.17) is 0 Å². The summed E-state index contributed by atoms with van der Waals surface area (Å²) >= 11 is 3.41. The highest BCUT2D eigenvalue weighted by Crippen LogP contribution is 2.20. The molecular weight excluding hydrogens is 398 g/mol. The van der Waals surface area contributed by atoms with E-state index >= 15 is 0 Å². The van der Waals surface area contributed by atoms with Gasteiger partial charge in [-0.25, -0.2) is 0 Å². The first-order chi connectivity index (χ1) is 12.4. The van der Waals surface area contributed by atoms with Crippen molar-refractivity contribution in [2.45, 2.75) is 26.3 Å². The Labute approximate surface area is 159 Å². The summed E-state index contributed by atoms with van der Waals surface area (Å²) in [4.78, 5) is 28.3. The van der Waals surface area contributed by atoms with E-state index in [2.05, 4.69) is 41.7 Å². The van der Waals surface area contributed by atoms with Crippen molar-refractivity contribution in [3.8, 4) is 0 Å². The van der Waals surface area contributed by atoms with Gasteiger partial charge in [-0.3, -0.25) is 14.7 Å². The monoisotopic (exact) mass is 417 g/mol. The normalized spacial score (nSPS) is 12.3. The molecule has 3 rings (SSSR count). The predicted octanol–water partition coefficient (Wildman–Crippen LogP) is 3.44. The molecule has 1 unspecified atom stereocenters. The number of anilines is 1. The van der Waals surface area contributed by atoms with Gasteiger partial charge in [0.2, 0.25) is 5.91 Å². The summed E-state index contributed by atoms with van der Waals surface area (Å²) in [6.07, 6.45) is 2.08. The fourth-order valence-corrected chi connectivity index (χ4v) is 3.07. The number of aromatic amines is 2. The lowest BCUT2D eigenvalue weighted by Crippen LogP contribution is -2.44. The van der Waals surface area contributed by atoms with Gasteiger partial charge in [0.15, 0.2) is 0 Å². The van der Waals surface area contributed by atoms with Crippen molar-refractivity contribution in [2.24, 2.45) is 5.92 Å². The number of amides is 2. The lowest BCUT2D eigenvalue weighted by Gasteiger charge is -2.19. The first-order valence-corrected chi connectivity index (χ1v) is 9.11. The molecule has 0 aliphatic rings. The zero-order chi connectivity index (χ0) is 18.7. The van der Waals surface area contributed by atoms with Crippen molar-refractivity contribution in [3.63, 3.8) is 0 Å². The van der Waals surface area contributed by atoms with Crippen molar-refractivity contribution < 1.29 is 9.59 Å². The molecule has 0 saturated heterocycles. The molecule has 2 aromatic heterocycles. The van der Waals surface area contributed by atoms with Crippen LogP contribution in [0.2, 0.25) is 0 Å². The number of carbonyl (C=O) groups excluding carboxylic acids is 2. The fourth-order valence-electron chi connectivity index (χ4n) is 2.71. The van der Waals surface area contributed by atoms with Crippen LogP contribution >= 0.6 is 15.9 Å². The summed E-state index contributed by atoms with van der Waals surface area (Å²) in [6.45, 7) is 4.01. The molecule has 136 valence electrons. The van der Waals surface area contributed by atoms with Gasteiger partial charge in [-0.05, 0) is 30.5 Å². The zero-order valence-corrected chi connectivity index (χ0v) is 16.1. The summed E-state index contributed by atoms with van der Waals surface area (Å²) in [6, 6.07) is 8.52. The number of nitrogens with zero attached hydrogens (tertiary/aromatic N) is 1. The Morgan fingerprint density at radius 2 is 2.04 bits per heavy atom. The van der Waals surface area contributed by atoms with Crippen molar-refractivity contribution in [3.05, 3.63) is 46.7 Å². The van der Waals surface area contributed by atoms with E-state index in [1.54, 1.807) is 18.3 Å². The Bertz CT molecular complexity index is 917. The van der Waals surface area contributed by atoms with Crippen LogP contribution in [0.25, 0.3) is 10.9 Å². The molecule has 0 aliphatic heterocycles. The van der Waals surface area contributed by atoms with Crippen LogP contribution in [0, 0.1) is 5.92 Å². The average Bonchev–Trinajstić information content (AvgIpc) is 3.22. The van der Waals surface area contributed by atoms with Gasteiger partial charge in [0.1, 0.15) is 17.6 Å². The number of H-pyrrole nitrogens is 2. The lowest BCUT2D eigenvalue weighted by atomic mass is 10.0. The van der Waals surface area contributed by atoms with E-state index in [9.17, 15) is 9.59 Å². The van der Waals surface area contributed by atoms with Crippen LogP contribution in [-0.2, 0) is 4.79 Å². The largest absolute Gasteiger partial charge is 0.350 e. The molecule has 2 amide bonds. The van der Waals surface area contributed by atoms with Crippen molar-refractivity contribution in [2.75, 3.05) is 5.32 Å². The number of aromatic nitrogens is 3. The van der Waals surface area contributed by atoms with Gasteiger partial charge >= 0.3 is 0 Å². The first-order valence-electron chi connectivity index (χ1n) is 8.31. The molecule has 7 nitrogen and oxygen atoms in total. The molecule has 0 fully saturated rings. The molecule has 4 N–H and O–H groups in total. The number of rotatable bonds is 6. The second kappa shape index (κ2) is 7.74. The first kappa shape index (κ1) is 18.2. The van der Waals surface area contributed by atoms with Crippen LogP contribution in [-0.4, -0.2) is 33.0 Å². The quantitative estimate of drug-likeness (QED) is 0.493. The minimum Gasteiger partial charge on any atom is -0.350 e. The Morgan fingerprint density at radius 3 is 2.73 bits per heavy atom. The minimum absolute atomic E-state index is 0.242. The second-order valence-electron chi connectivity index (χ2n) is 6.53. The highest BCUT2D eigenvalue weighted by molar-refractivity contribution is 9.10. The number of halogens is 1. The maximum absolute atomic E-state index is 12.6. The summed E-state index contributed by atoms with van der Waals surface area (Å²) in [5, 5.41) is 13.0. The molecular formula is C18H20BrN5O2. The lowest BCUT2D eigenvalue weighted by molar-refractivity contribution is -0.118. The minimum atomic E-state index is -0.649. The maximum atomic E-state index is 12.6. The maximum Gasteiger partial charge on any atom is 0.268 e. The summed E-state index contributed by atoms with van der Waals surface area (Å²) < 4.78 is 0.926. The van der Waals surface area contributed by atoms with Crippen LogP contribution in [0.3, 0.4) is 0 Å². The van der Waals surface area contributed by atoms with Crippen LogP contribution in [0.1, 0.15) is 30.8 Å². The van der Waals surface area contributed by atoms with Gasteiger partial charge in [-0.1, -0.05) is 35.8 Å². The van der Waals surface area contributed by atoms with E-state index < -0.39 is 6.04 Å². The zero-order valence-electron chi connectivity index (χ0n) is 14.5. The van der Waals surface area contributed by atoms with Crippen molar-refractivity contribution in [1.29, 1.82) is 0 Å². The van der Waals surface area contributed by atoms with E-state index in [1.807, 2.05) is 32.0 Å². The fraction of sp³-hybridized carbons (Fsp3) is 0.278. The summed E-state index contributed by atoms with van der Waals surface area (Å²) in [7, 11) is 0. The van der Waals surface area contributed by atoms with Crippen molar-refractivity contribution in [1.82, 2.24) is 20.5 Å². The average molecular weight is 418 g/mol. The Kier molecular flexibility index (Phi) is 5.41. The number of fused-ring (bicyclic) bond motifs is 1. The molecule has 1 atom stereocenters. The highest BCUT2D eigenvalue weighted by atomic mass is 79.9. The van der Waals surface area contributed by atoms with E-state index in [1.165, 1.54) is 0 Å². The SMILES string of the molecule is CC(C)CC(NC(=O)c1cc2ccc(Br)cc2[nH]1)C(=O)Nc1ccn[nH]1. The molecule has 26 heavy (non-hydrogen) atoms. The topological polar surface area (TPSA) is 103 Å². The molecule has 3 aromatic rings. The third-order valence-corrected chi connectivity index (χ3v) is 4.41. The summed E-state index contributed by atoms with van der Waals surface area (Å²) in [5.41, 5.74) is 1.27. The van der Waals surface area contributed by atoms with Crippen LogP contribution in [0.5, 0.6) is 0 Å². The molecule has 0 bridgehead atoms. The van der Waals surface area contributed by atoms with E-state index in [0.717, 1.165) is 15.4 Å². The number of benzene rings is 1. The van der Waals surface area contributed by atoms with Crippen molar-refractivity contribution >= 4 is 44.5 Å². The number of nitrogens with one attached hydrogen (secondary N) is 4. The molecule has 8 heteroatoms. The molecule has 0 aliphatic carbocycles. The molecule has 0 saturated carbocycles. The van der Waals surface area contributed by atoms with Crippen LogP contribution < -0.4 is 10.6 Å². The number of hydrogen-bond acceptors (Lipinski definition) is 3. The van der Waals surface area contributed by atoms with Gasteiger partial charge in [-0.15, -0.1) is 0 Å². The third-order valence-electron chi connectivity index (χ3n) is 3.92. The van der Waals surface area contributed by atoms with Gasteiger partial charge in [0.05, 0.1) is 6.20 Å². The number of hydrogen-bond donors (Lipinski definition) is 4. The van der Waals surface area contributed by atoms with Crippen LogP contribution in [0.4, 0.5) is 5.82 Å². The van der Waals surface area contributed by atoms with E-state index in [-0.39, 0.29) is 17.7 Å². The summed E-state index contributed by atoms with van der Waals surface area (Å²) in [5.74, 6) is 0.137. The molecule has 2 heterocycles. The third kappa shape index (κ3) is 4.32. The van der Waals surface area contributed by atoms with Gasteiger partial charge in [-0.2, -0.15) is 5.10 Å². The van der Waals surface area contributed by atoms with Gasteiger partial charge < -0.3 is 15.6 Å². The van der Waals surface area contributed by atoms with Crippen LogP contribution in [0.15, 0.2) is 41.0 Å². The highest BCUT2D eigenvalue weighted by Gasteiger charge is 2.23. The molecule has 0 spiro atoms. The molecule has 1 aromatic carbocycles. The smallest absolute Gasteiger partial charge is 0.268 e. The second-order valence-corrected chi connectivity index (χ2v) is 7.45. The molecule has 0 radical (unpaired) electrons.